The maximum atomic E-state index is 11.7. The van der Waals surface area contributed by atoms with Crippen molar-refractivity contribution in [2.24, 2.45) is 0 Å². The number of aliphatic carboxylic acids is 1. The SMILES string of the molecule is O=C(O)CCCNC(=O)NCCC(F)(F)F. The van der Waals surface area contributed by atoms with Crippen molar-refractivity contribution in [3.63, 3.8) is 0 Å². The third kappa shape index (κ3) is 10.6. The van der Waals surface area contributed by atoms with E-state index in [4.69, 9.17) is 5.11 Å². The van der Waals surface area contributed by atoms with Crippen molar-refractivity contribution in [2.45, 2.75) is 25.4 Å². The predicted molar refractivity (Wildman–Crippen MR) is 48.9 cm³/mol. The number of carboxylic acids is 1. The second-order valence-corrected chi connectivity index (χ2v) is 3.05. The van der Waals surface area contributed by atoms with Crippen molar-refractivity contribution in [1.29, 1.82) is 0 Å². The molecular formula is C8H13F3N2O3. The van der Waals surface area contributed by atoms with Gasteiger partial charge in [0.15, 0.2) is 0 Å². The van der Waals surface area contributed by atoms with Crippen LogP contribution in [0.5, 0.6) is 0 Å². The van der Waals surface area contributed by atoms with Gasteiger partial charge < -0.3 is 15.7 Å². The molecule has 5 nitrogen and oxygen atoms in total. The van der Waals surface area contributed by atoms with Crippen LogP contribution in [0.15, 0.2) is 0 Å². The lowest BCUT2D eigenvalue weighted by molar-refractivity contribution is -0.137. The highest BCUT2D eigenvalue weighted by Crippen LogP contribution is 2.17. The smallest absolute Gasteiger partial charge is 0.390 e. The fraction of sp³-hybridized carbons (Fsp3) is 0.750. The molecule has 0 aliphatic rings. The zero-order valence-electron chi connectivity index (χ0n) is 8.43. The summed E-state index contributed by atoms with van der Waals surface area (Å²) in [5.74, 6) is -0.987. The number of alkyl halides is 3. The molecule has 0 radical (unpaired) electrons. The molecule has 8 heteroatoms. The average Bonchev–Trinajstić information content (AvgIpc) is 2.10. The number of carbonyl (C=O) groups is 2. The van der Waals surface area contributed by atoms with Gasteiger partial charge >= 0.3 is 18.2 Å². The summed E-state index contributed by atoms with van der Waals surface area (Å²) >= 11 is 0. The van der Waals surface area contributed by atoms with Crippen molar-refractivity contribution >= 4 is 12.0 Å². The Hall–Kier alpha value is -1.47. The van der Waals surface area contributed by atoms with Crippen LogP contribution in [-0.2, 0) is 4.79 Å². The van der Waals surface area contributed by atoms with E-state index in [0.717, 1.165) is 0 Å². The Morgan fingerprint density at radius 3 is 2.19 bits per heavy atom. The van der Waals surface area contributed by atoms with Gasteiger partial charge in [0.2, 0.25) is 0 Å². The summed E-state index contributed by atoms with van der Waals surface area (Å²) in [5, 5.41) is 12.5. The van der Waals surface area contributed by atoms with Gasteiger partial charge in [-0.05, 0) is 6.42 Å². The van der Waals surface area contributed by atoms with E-state index in [-0.39, 0.29) is 19.4 Å². The van der Waals surface area contributed by atoms with Gasteiger partial charge in [-0.25, -0.2) is 4.79 Å². The van der Waals surface area contributed by atoms with Crippen molar-refractivity contribution in [3.8, 4) is 0 Å². The first kappa shape index (κ1) is 14.5. The van der Waals surface area contributed by atoms with Crippen LogP contribution in [0.4, 0.5) is 18.0 Å². The Labute approximate surface area is 90.0 Å². The topological polar surface area (TPSA) is 78.4 Å². The van der Waals surface area contributed by atoms with Gasteiger partial charge in [0.25, 0.3) is 0 Å². The number of amides is 2. The zero-order chi connectivity index (χ0) is 12.6. The lowest BCUT2D eigenvalue weighted by Gasteiger charge is -2.08. The minimum atomic E-state index is -4.30. The highest BCUT2D eigenvalue weighted by atomic mass is 19.4. The van der Waals surface area contributed by atoms with Crippen molar-refractivity contribution in [1.82, 2.24) is 10.6 Å². The number of urea groups is 1. The second-order valence-electron chi connectivity index (χ2n) is 3.05. The standard InChI is InChI=1S/C8H13F3N2O3/c9-8(10,11)3-5-13-7(16)12-4-1-2-6(14)15/h1-5H2,(H,14,15)(H2,12,13,16). The molecule has 0 aromatic carbocycles. The molecule has 0 rings (SSSR count). The van der Waals surface area contributed by atoms with Crippen LogP contribution in [0.1, 0.15) is 19.3 Å². The second kappa shape index (κ2) is 6.91. The quantitative estimate of drug-likeness (QED) is 0.610. The maximum absolute atomic E-state index is 11.7. The molecule has 0 bridgehead atoms. The van der Waals surface area contributed by atoms with Gasteiger partial charge in [-0.1, -0.05) is 0 Å². The average molecular weight is 242 g/mol. The largest absolute Gasteiger partial charge is 0.481 e. The van der Waals surface area contributed by atoms with Gasteiger partial charge in [-0.2, -0.15) is 13.2 Å². The van der Waals surface area contributed by atoms with E-state index in [1.165, 1.54) is 0 Å². The molecule has 0 atom stereocenters. The first-order valence-electron chi connectivity index (χ1n) is 4.61. The Morgan fingerprint density at radius 2 is 1.69 bits per heavy atom. The maximum Gasteiger partial charge on any atom is 0.390 e. The van der Waals surface area contributed by atoms with E-state index < -0.39 is 31.1 Å². The number of carboxylic acid groups (broad SMARTS) is 1. The lowest BCUT2D eigenvalue weighted by Crippen LogP contribution is -2.37. The minimum Gasteiger partial charge on any atom is -0.481 e. The summed E-state index contributed by atoms with van der Waals surface area (Å²) in [6, 6.07) is -0.727. The first-order valence-corrected chi connectivity index (χ1v) is 4.61. The van der Waals surface area contributed by atoms with Crippen LogP contribution in [0.3, 0.4) is 0 Å². The third-order valence-electron chi connectivity index (χ3n) is 1.55. The number of hydrogen-bond donors (Lipinski definition) is 3. The lowest BCUT2D eigenvalue weighted by atomic mass is 10.3. The summed E-state index contributed by atoms with van der Waals surface area (Å²) < 4.78 is 35.0. The summed E-state index contributed by atoms with van der Waals surface area (Å²) in [7, 11) is 0. The highest BCUT2D eigenvalue weighted by molar-refractivity contribution is 5.73. The number of hydrogen-bond acceptors (Lipinski definition) is 2. The molecule has 0 aromatic heterocycles. The fourth-order valence-electron chi connectivity index (χ4n) is 0.822. The molecule has 94 valence electrons. The fourth-order valence-corrected chi connectivity index (χ4v) is 0.822. The van der Waals surface area contributed by atoms with Crippen LogP contribution >= 0.6 is 0 Å². The van der Waals surface area contributed by atoms with Gasteiger partial charge in [0.1, 0.15) is 0 Å². The van der Waals surface area contributed by atoms with Crippen LogP contribution in [0.25, 0.3) is 0 Å². The normalized spacial score (nSPS) is 10.9. The number of halogens is 3. The molecule has 3 N–H and O–H groups in total. The molecule has 0 aromatic rings. The first-order chi connectivity index (χ1) is 7.31. The molecule has 2 amide bonds. The summed E-state index contributed by atoms with van der Waals surface area (Å²) in [6.45, 7) is -0.377. The van der Waals surface area contributed by atoms with Gasteiger partial charge in [-0.3, -0.25) is 4.79 Å². The molecule has 0 aliphatic carbocycles. The van der Waals surface area contributed by atoms with Crippen molar-refractivity contribution in [3.05, 3.63) is 0 Å². The Kier molecular flexibility index (Phi) is 6.28. The van der Waals surface area contributed by atoms with Crippen molar-refractivity contribution < 1.29 is 27.9 Å². The zero-order valence-corrected chi connectivity index (χ0v) is 8.43. The van der Waals surface area contributed by atoms with E-state index in [9.17, 15) is 22.8 Å². The Morgan fingerprint density at radius 1 is 1.12 bits per heavy atom. The summed E-state index contributed by atoms with van der Waals surface area (Å²) in [5.41, 5.74) is 0. The highest BCUT2D eigenvalue weighted by Gasteiger charge is 2.26. The molecule has 0 saturated carbocycles. The van der Waals surface area contributed by atoms with E-state index >= 15 is 0 Å². The number of rotatable bonds is 6. The molecule has 16 heavy (non-hydrogen) atoms. The van der Waals surface area contributed by atoms with Crippen LogP contribution in [0, 0.1) is 0 Å². The van der Waals surface area contributed by atoms with E-state index in [1.807, 2.05) is 5.32 Å². The van der Waals surface area contributed by atoms with Gasteiger partial charge in [-0.15, -0.1) is 0 Å². The molecule has 0 unspecified atom stereocenters. The predicted octanol–water partition coefficient (Wildman–Crippen LogP) is 1.10. The molecule has 0 fully saturated rings. The van der Waals surface area contributed by atoms with E-state index in [2.05, 4.69) is 5.32 Å². The molecule has 0 heterocycles. The van der Waals surface area contributed by atoms with Crippen molar-refractivity contribution in [2.75, 3.05) is 13.1 Å². The van der Waals surface area contributed by atoms with Crippen LogP contribution in [-0.4, -0.2) is 36.4 Å². The molecule has 0 aliphatic heterocycles. The summed E-state index contributed by atoms with van der Waals surface area (Å²) in [4.78, 5) is 20.9. The van der Waals surface area contributed by atoms with Crippen LogP contribution < -0.4 is 10.6 Å². The van der Waals surface area contributed by atoms with E-state index in [0.29, 0.717) is 0 Å². The van der Waals surface area contributed by atoms with Gasteiger partial charge in [0.05, 0.1) is 6.42 Å². The Bertz CT molecular complexity index is 243. The summed E-state index contributed by atoms with van der Waals surface area (Å²) in [6.07, 6.45) is -5.24. The molecule has 0 spiro atoms. The van der Waals surface area contributed by atoms with Crippen LogP contribution in [0.2, 0.25) is 0 Å². The molecule has 0 saturated heterocycles. The monoisotopic (exact) mass is 242 g/mol. The molecular weight excluding hydrogens is 229 g/mol. The van der Waals surface area contributed by atoms with Gasteiger partial charge in [0, 0.05) is 19.5 Å². The Balaban J connectivity index is 3.42. The number of carbonyl (C=O) groups excluding carboxylic acids is 1. The third-order valence-corrected chi connectivity index (χ3v) is 1.55. The number of nitrogens with one attached hydrogen (secondary N) is 2. The minimum absolute atomic E-state index is 0.0944. The van der Waals surface area contributed by atoms with E-state index in [1.54, 1.807) is 0 Å².